The molecular formula is C16H10ClN3O6. The Hall–Kier alpha value is -3.46. The fourth-order valence-corrected chi connectivity index (χ4v) is 2.50. The van der Waals surface area contributed by atoms with Gasteiger partial charge in [0.25, 0.3) is 17.5 Å². The second-order valence-electron chi connectivity index (χ2n) is 5.37. The first kappa shape index (κ1) is 17.4. The van der Waals surface area contributed by atoms with Gasteiger partial charge in [-0.3, -0.25) is 30.3 Å². The number of nitrogens with one attached hydrogen (secondary N) is 2. The molecule has 0 bridgehead atoms. The van der Waals surface area contributed by atoms with Gasteiger partial charge < -0.3 is 4.42 Å². The molecule has 0 radical (unpaired) electrons. The summed E-state index contributed by atoms with van der Waals surface area (Å²) in [4.78, 5) is 45.2. The van der Waals surface area contributed by atoms with Crippen molar-refractivity contribution in [3.05, 3.63) is 56.3 Å². The number of nitrogens with zero attached hydrogens (tertiary/aromatic N) is 1. The van der Waals surface area contributed by atoms with Crippen molar-refractivity contribution in [3.63, 3.8) is 0 Å². The highest BCUT2D eigenvalue weighted by molar-refractivity contribution is 6.32. The van der Waals surface area contributed by atoms with Gasteiger partial charge in [-0.15, -0.1) is 0 Å². The van der Waals surface area contributed by atoms with Crippen LogP contribution in [-0.2, 0) is 9.59 Å². The number of halogens is 1. The second kappa shape index (κ2) is 6.45. The monoisotopic (exact) mass is 375 g/mol. The van der Waals surface area contributed by atoms with E-state index in [1.807, 2.05) is 10.6 Å². The normalized spacial score (nSPS) is 14.1. The Labute approximate surface area is 150 Å². The van der Waals surface area contributed by atoms with E-state index in [2.05, 4.69) is 0 Å². The number of urea groups is 1. The third-order valence-corrected chi connectivity index (χ3v) is 4.00. The lowest BCUT2D eigenvalue weighted by molar-refractivity contribution is -0.384. The summed E-state index contributed by atoms with van der Waals surface area (Å²) in [5.41, 5.74) is 0.167. The number of carbonyl (C=O) groups is 3. The molecule has 0 saturated carbocycles. The first-order valence-corrected chi connectivity index (χ1v) is 7.57. The van der Waals surface area contributed by atoms with E-state index in [4.69, 9.17) is 16.0 Å². The number of rotatable bonds is 3. The van der Waals surface area contributed by atoms with Crippen LogP contribution < -0.4 is 10.6 Å². The van der Waals surface area contributed by atoms with Crippen LogP contribution in [0.3, 0.4) is 0 Å². The number of benzene rings is 1. The minimum absolute atomic E-state index is 0.0978. The maximum Gasteiger partial charge on any atom is 0.328 e. The van der Waals surface area contributed by atoms with Crippen molar-refractivity contribution in [1.82, 2.24) is 10.6 Å². The van der Waals surface area contributed by atoms with Crippen LogP contribution in [0.4, 0.5) is 10.5 Å². The summed E-state index contributed by atoms with van der Waals surface area (Å²) in [7, 11) is 0. The smallest absolute Gasteiger partial charge is 0.328 e. The van der Waals surface area contributed by atoms with E-state index in [9.17, 15) is 24.5 Å². The molecule has 1 fully saturated rings. The van der Waals surface area contributed by atoms with Gasteiger partial charge in [-0.25, -0.2) is 4.79 Å². The van der Waals surface area contributed by atoms with E-state index in [1.54, 1.807) is 6.92 Å². The van der Waals surface area contributed by atoms with Crippen molar-refractivity contribution in [2.45, 2.75) is 6.92 Å². The lowest BCUT2D eigenvalue weighted by Gasteiger charge is -2.13. The quantitative estimate of drug-likeness (QED) is 0.367. The summed E-state index contributed by atoms with van der Waals surface area (Å²) < 4.78 is 5.50. The Morgan fingerprint density at radius 3 is 2.42 bits per heavy atom. The summed E-state index contributed by atoms with van der Waals surface area (Å²) in [6, 6.07) is 4.69. The van der Waals surface area contributed by atoms with E-state index in [1.165, 1.54) is 24.3 Å². The molecule has 0 aliphatic carbocycles. The van der Waals surface area contributed by atoms with Crippen molar-refractivity contribution in [2.24, 2.45) is 0 Å². The highest BCUT2D eigenvalue weighted by Crippen LogP contribution is 2.35. The standard InChI is InChI=1S/C16H10ClN3O6/c1-7-4-12(20(24)25)9(6-11(7)17)13-3-2-8(26-13)5-10-14(21)18-16(23)19-15(10)22/h2-6H,1H3,(H2,18,19,21,22,23). The predicted octanol–water partition coefficient (Wildman–Crippen LogP) is 2.57. The number of hydrogen-bond donors (Lipinski definition) is 2. The summed E-state index contributed by atoms with van der Waals surface area (Å²) in [6.07, 6.45) is 1.13. The van der Waals surface area contributed by atoms with Gasteiger partial charge in [-0.05, 0) is 36.8 Å². The van der Waals surface area contributed by atoms with Gasteiger partial charge in [-0.2, -0.15) is 0 Å². The molecule has 2 heterocycles. The Morgan fingerprint density at radius 2 is 1.81 bits per heavy atom. The molecule has 3 rings (SSSR count). The van der Waals surface area contributed by atoms with Crippen LogP contribution in [0.25, 0.3) is 17.4 Å². The van der Waals surface area contributed by atoms with Gasteiger partial charge in [0.2, 0.25) is 0 Å². The lowest BCUT2D eigenvalue weighted by Crippen LogP contribution is -2.51. The number of furan rings is 1. The number of carbonyl (C=O) groups excluding carboxylic acids is 3. The zero-order chi connectivity index (χ0) is 19.0. The van der Waals surface area contributed by atoms with Crippen molar-refractivity contribution in [1.29, 1.82) is 0 Å². The Kier molecular flexibility index (Phi) is 4.31. The van der Waals surface area contributed by atoms with Crippen molar-refractivity contribution >= 4 is 41.2 Å². The van der Waals surface area contributed by atoms with Crippen molar-refractivity contribution in [3.8, 4) is 11.3 Å². The molecule has 132 valence electrons. The van der Waals surface area contributed by atoms with Crippen LogP contribution in [-0.4, -0.2) is 22.8 Å². The highest BCUT2D eigenvalue weighted by atomic mass is 35.5. The third-order valence-electron chi connectivity index (χ3n) is 3.60. The number of amides is 4. The van der Waals surface area contributed by atoms with Gasteiger partial charge in [0.1, 0.15) is 17.1 Å². The maximum atomic E-state index is 11.7. The van der Waals surface area contributed by atoms with Gasteiger partial charge in [0.15, 0.2) is 0 Å². The summed E-state index contributed by atoms with van der Waals surface area (Å²) in [6.45, 7) is 1.64. The van der Waals surface area contributed by atoms with Crippen LogP contribution >= 0.6 is 11.6 Å². The lowest BCUT2D eigenvalue weighted by atomic mass is 10.1. The molecule has 1 aromatic heterocycles. The molecule has 4 amide bonds. The van der Waals surface area contributed by atoms with E-state index in [-0.39, 0.29) is 28.3 Å². The molecule has 1 aliphatic heterocycles. The molecule has 1 aromatic carbocycles. The van der Waals surface area contributed by atoms with Crippen molar-refractivity contribution < 1.29 is 23.7 Å². The number of nitro benzene ring substituents is 1. The summed E-state index contributed by atoms with van der Waals surface area (Å²) >= 11 is 6.04. The number of hydrogen-bond acceptors (Lipinski definition) is 6. The van der Waals surface area contributed by atoms with E-state index in [0.29, 0.717) is 10.6 Å². The molecule has 2 aromatic rings. The van der Waals surface area contributed by atoms with E-state index >= 15 is 0 Å². The fraction of sp³-hybridized carbons (Fsp3) is 0.0625. The summed E-state index contributed by atoms with van der Waals surface area (Å²) in [5, 5.41) is 15.5. The van der Waals surface area contributed by atoms with Crippen LogP contribution in [0.15, 0.2) is 34.3 Å². The number of imide groups is 2. The largest absolute Gasteiger partial charge is 0.456 e. The number of barbiturate groups is 1. The first-order chi connectivity index (χ1) is 12.3. The number of nitro groups is 1. The van der Waals surface area contributed by atoms with Crippen LogP contribution in [0.1, 0.15) is 11.3 Å². The van der Waals surface area contributed by atoms with Gasteiger partial charge in [0, 0.05) is 11.1 Å². The SMILES string of the molecule is Cc1cc([N+](=O)[O-])c(-c2ccc(C=C3C(=O)NC(=O)NC3=O)o2)cc1Cl. The maximum absolute atomic E-state index is 11.7. The van der Waals surface area contributed by atoms with E-state index in [0.717, 1.165) is 6.08 Å². The second-order valence-corrected chi connectivity index (χ2v) is 5.78. The van der Waals surface area contributed by atoms with Gasteiger partial charge in [0.05, 0.1) is 10.5 Å². The van der Waals surface area contributed by atoms with Crippen LogP contribution in [0, 0.1) is 17.0 Å². The Bertz CT molecular complexity index is 985. The molecule has 10 heteroatoms. The average molecular weight is 376 g/mol. The molecule has 0 atom stereocenters. The molecule has 1 saturated heterocycles. The van der Waals surface area contributed by atoms with Gasteiger partial charge >= 0.3 is 6.03 Å². The molecule has 9 nitrogen and oxygen atoms in total. The van der Waals surface area contributed by atoms with E-state index < -0.39 is 22.8 Å². The topological polar surface area (TPSA) is 132 Å². The minimum atomic E-state index is -0.915. The summed E-state index contributed by atoms with van der Waals surface area (Å²) in [5.74, 6) is -1.51. The Morgan fingerprint density at radius 1 is 1.15 bits per heavy atom. The van der Waals surface area contributed by atoms with Gasteiger partial charge in [-0.1, -0.05) is 11.6 Å². The predicted molar refractivity (Wildman–Crippen MR) is 90.2 cm³/mol. The zero-order valence-corrected chi connectivity index (χ0v) is 13.9. The molecule has 26 heavy (non-hydrogen) atoms. The molecule has 2 N–H and O–H groups in total. The average Bonchev–Trinajstić information content (AvgIpc) is 3.01. The highest BCUT2D eigenvalue weighted by Gasteiger charge is 2.28. The minimum Gasteiger partial charge on any atom is -0.456 e. The van der Waals surface area contributed by atoms with Crippen LogP contribution in [0.2, 0.25) is 5.02 Å². The molecular weight excluding hydrogens is 366 g/mol. The number of aryl methyl sites for hydroxylation is 1. The van der Waals surface area contributed by atoms with Crippen molar-refractivity contribution in [2.75, 3.05) is 0 Å². The fourth-order valence-electron chi connectivity index (χ4n) is 2.34. The molecule has 0 unspecified atom stereocenters. The first-order valence-electron chi connectivity index (χ1n) is 7.19. The zero-order valence-electron chi connectivity index (χ0n) is 13.2. The van der Waals surface area contributed by atoms with Crippen LogP contribution in [0.5, 0.6) is 0 Å². The third kappa shape index (κ3) is 3.20. The Balaban J connectivity index is 2.01. The molecule has 1 aliphatic rings. The molecule has 0 spiro atoms.